The van der Waals surface area contributed by atoms with Gasteiger partial charge in [0, 0.05) is 22.5 Å². The normalized spacial score (nSPS) is 24.2. The number of nitrogens with one attached hydrogen (secondary N) is 1. The fourth-order valence-corrected chi connectivity index (χ4v) is 4.16. The van der Waals surface area contributed by atoms with Crippen LogP contribution in [0.2, 0.25) is 0 Å². The summed E-state index contributed by atoms with van der Waals surface area (Å²) in [7, 11) is 0. The molecule has 1 aliphatic carbocycles. The van der Waals surface area contributed by atoms with Gasteiger partial charge in [0.05, 0.1) is 0 Å². The predicted octanol–water partition coefficient (Wildman–Crippen LogP) is 5.37. The van der Waals surface area contributed by atoms with Crippen LogP contribution >= 0.6 is 15.9 Å². The van der Waals surface area contributed by atoms with E-state index in [1.807, 2.05) is 0 Å². The fourth-order valence-electron chi connectivity index (χ4n) is 3.82. The average Bonchev–Trinajstić information content (AvgIpc) is 2.70. The second-order valence-electron chi connectivity index (χ2n) is 6.59. The molecular weight excluding hydrogens is 326 g/mol. The summed E-state index contributed by atoms with van der Waals surface area (Å²) < 4.78 is 7.67. The van der Waals surface area contributed by atoms with Crippen molar-refractivity contribution < 1.29 is 4.74 Å². The van der Waals surface area contributed by atoms with E-state index in [9.17, 15) is 0 Å². The zero-order chi connectivity index (χ0) is 14.7. The van der Waals surface area contributed by atoms with Gasteiger partial charge in [-0.05, 0) is 50.8 Å². The number of hydrogen-bond donors (Lipinski definition) is 1. The quantitative estimate of drug-likeness (QED) is 0.790. The van der Waals surface area contributed by atoms with Gasteiger partial charge >= 0.3 is 0 Å². The molecule has 1 saturated carbocycles. The molecule has 116 valence electrons. The van der Waals surface area contributed by atoms with Crippen LogP contribution in [0.1, 0.15) is 69.9 Å². The van der Waals surface area contributed by atoms with Gasteiger partial charge in [-0.2, -0.15) is 0 Å². The Morgan fingerprint density at radius 2 is 2.00 bits per heavy atom. The second-order valence-corrected chi connectivity index (χ2v) is 7.51. The summed E-state index contributed by atoms with van der Waals surface area (Å²) in [6, 6.07) is 6.95. The number of hydrogen-bond acceptors (Lipinski definition) is 2. The van der Waals surface area contributed by atoms with Gasteiger partial charge in [-0.25, -0.2) is 0 Å². The van der Waals surface area contributed by atoms with Crippen LogP contribution in [0.4, 0.5) is 0 Å². The number of fused-ring (bicyclic) bond motifs is 1. The maximum atomic E-state index is 6.56. The van der Waals surface area contributed by atoms with Crippen molar-refractivity contribution in [3.8, 4) is 5.75 Å². The first-order valence-corrected chi connectivity index (χ1v) is 9.24. The molecule has 2 nitrogen and oxygen atoms in total. The molecular formula is C18H26BrNO. The highest BCUT2D eigenvalue weighted by molar-refractivity contribution is 9.10. The van der Waals surface area contributed by atoms with Crippen LogP contribution in [-0.4, -0.2) is 12.1 Å². The highest BCUT2D eigenvalue weighted by Crippen LogP contribution is 2.46. The Morgan fingerprint density at radius 3 is 2.71 bits per heavy atom. The van der Waals surface area contributed by atoms with E-state index in [-0.39, 0.29) is 5.60 Å². The van der Waals surface area contributed by atoms with Gasteiger partial charge in [0.25, 0.3) is 0 Å². The van der Waals surface area contributed by atoms with E-state index >= 15 is 0 Å². The zero-order valence-electron chi connectivity index (χ0n) is 13.0. The van der Waals surface area contributed by atoms with Crippen LogP contribution in [0.5, 0.6) is 5.75 Å². The summed E-state index contributed by atoms with van der Waals surface area (Å²) >= 11 is 3.59. The molecule has 1 heterocycles. The highest BCUT2D eigenvalue weighted by atomic mass is 79.9. The van der Waals surface area contributed by atoms with E-state index in [0.717, 1.165) is 23.2 Å². The van der Waals surface area contributed by atoms with Gasteiger partial charge in [-0.15, -0.1) is 0 Å². The fraction of sp³-hybridized carbons (Fsp3) is 0.667. The first-order valence-electron chi connectivity index (χ1n) is 8.44. The first-order chi connectivity index (χ1) is 10.2. The lowest BCUT2D eigenvalue weighted by atomic mass is 9.82. The monoisotopic (exact) mass is 351 g/mol. The summed E-state index contributed by atoms with van der Waals surface area (Å²) in [4.78, 5) is 0. The highest BCUT2D eigenvalue weighted by Gasteiger charge is 2.40. The minimum Gasteiger partial charge on any atom is -0.487 e. The third-order valence-electron chi connectivity index (χ3n) is 4.91. The van der Waals surface area contributed by atoms with Gasteiger partial charge in [0.2, 0.25) is 0 Å². The zero-order valence-corrected chi connectivity index (χ0v) is 14.5. The van der Waals surface area contributed by atoms with Crippen molar-refractivity contribution in [2.24, 2.45) is 0 Å². The van der Waals surface area contributed by atoms with E-state index in [1.54, 1.807) is 0 Å². The molecule has 3 rings (SSSR count). The minimum atomic E-state index is 0.0652. The maximum absolute atomic E-state index is 6.56. The minimum absolute atomic E-state index is 0.0652. The molecule has 0 bridgehead atoms. The summed E-state index contributed by atoms with van der Waals surface area (Å²) in [6.07, 6.45) is 10.1. The van der Waals surface area contributed by atoms with Gasteiger partial charge in [0.15, 0.2) is 0 Å². The summed E-state index contributed by atoms with van der Waals surface area (Å²) in [5.74, 6) is 1.09. The average molecular weight is 352 g/mol. The second kappa shape index (κ2) is 6.70. The number of benzene rings is 1. The lowest BCUT2D eigenvalue weighted by Gasteiger charge is -2.42. The van der Waals surface area contributed by atoms with Crippen molar-refractivity contribution in [2.75, 3.05) is 6.54 Å². The molecule has 0 saturated heterocycles. The third-order valence-corrected chi connectivity index (χ3v) is 5.40. The lowest BCUT2D eigenvalue weighted by Crippen LogP contribution is -2.44. The lowest BCUT2D eigenvalue weighted by molar-refractivity contribution is 0.0161. The van der Waals surface area contributed by atoms with Crippen LogP contribution < -0.4 is 10.1 Å². The molecule has 2 aliphatic rings. The number of rotatable bonds is 3. The summed E-state index contributed by atoms with van der Waals surface area (Å²) in [5, 5.41) is 3.74. The Balaban J connectivity index is 1.90. The maximum Gasteiger partial charge on any atom is 0.126 e. The van der Waals surface area contributed by atoms with E-state index in [2.05, 4.69) is 46.4 Å². The van der Waals surface area contributed by atoms with Gasteiger partial charge in [0.1, 0.15) is 11.4 Å². The Morgan fingerprint density at radius 1 is 1.24 bits per heavy atom. The summed E-state index contributed by atoms with van der Waals surface area (Å²) in [6.45, 7) is 3.31. The van der Waals surface area contributed by atoms with Crippen molar-refractivity contribution in [1.82, 2.24) is 5.32 Å². The molecule has 1 aliphatic heterocycles. The standard InChI is InChI=1S/C18H26BrNO/c1-2-11-20-16-13-18(9-5-3-4-6-10-18)21-17-12-14(19)7-8-15(16)17/h7-8,12,16,20H,2-6,9-11,13H2,1H3. The van der Waals surface area contributed by atoms with Crippen molar-refractivity contribution >= 4 is 15.9 Å². The van der Waals surface area contributed by atoms with Crippen molar-refractivity contribution in [3.05, 3.63) is 28.2 Å². The Bertz CT molecular complexity index is 480. The molecule has 1 aromatic rings. The van der Waals surface area contributed by atoms with Crippen LogP contribution in [0, 0.1) is 0 Å². The van der Waals surface area contributed by atoms with Gasteiger partial charge in [-0.3, -0.25) is 0 Å². The molecule has 0 aromatic heterocycles. The first kappa shape index (κ1) is 15.4. The third kappa shape index (κ3) is 3.45. The molecule has 1 atom stereocenters. The molecule has 3 heteroatoms. The molecule has 1 spiro atoms. The SMILES string of the molecule is CCCNC1CC2(CCCCCC2)Oc2cc(Br)ccc21. The number of ether oxygens (including phenoxy) is 1. The van der Waals surface area contributed by atoms with E-state index in [1.165, 1.54) is 50.5 Å². The topological polar surface area (TPSA) is 21.3 Å². The molecule has 0 radical (unpaired) electrons. The number of halogens is 1. The van der Waals surface area contributed by atoms with Crippen LogP contribution in [0.25, 0.3) is 0 Å². The Kier molecular flexibility index (Phi) is 4.90. The predicted molar refractivity (Wildman–Crippen MR) is 90.9 cm³/mol. The summed E-state index contributed by atoms with van der Waals surface area (Å²) in [5.41, 5.74) is 1.40. The van der Waals surface area contributed by atoms with Gasteiger partial charge < -0.3 is 10.1 Å². The smallest absolute Gasteiger partial charge is 0.126 e. The Hall–Kier alpha value is -0.540. The van der Waals surface area contributed by atoms with Crippen molar-refractivity contribution in [1.29, 1.82) is 0 Å². The van der Waals surface area contributed by atoms with Gasteiger partial charge in [-0.1, -0.05) is 41.8 Å². The molecule has 1 aromatic carbocycles. The van der Waals surface area contributed by atoms with Crippen LogP contribution in [-0.2, 0) is 0 Å². The molecule has 0 amide bonds. The Labute approximate surface area is 136 Å². The van der Waals surface area contributed by atoms with Crippen molar-refractivity contribution in [2.45, 2.75) is 69.9 Å². The van der Waals surface area contributed by atoms with E-state index in [0.29, 0.717) is 6.04 Å². The largest absolute Gasteiger partial charge is 0.487 e. The van der Waals surface area contributed by atoms with Crippen molar-refractivity contribution in [3.63, 3.8) is 0 Å². The van der Waals surface area contributed by atoms with Crippen LogP contribution in [0.15, 0.2) is 22.7 Å². The molecule has 1 unspecified atom stereocenters. The molecule has 1 fully saturated rings. The molecule has 21 heavy (non-hydrogen) atoms. The van der Waals surface area contributed by atoms with Crippen LogP contribution in [0.3, 0.4) is 0 Å². The van der Waals surface area contributed by atoms with E-state index < -0.39 is 0 Å². The van der Waals surface area contributed by atoms with E-state index in [4.69, 9.17) is 4.74 Å². The molecule has 1 N–H and O–H groups in total.